The van der Waals surface area contributed by atoms with Crippen molar-refractivity contribution in [1.29, 1.82) is 0 Å². The van der Waals surface area contributed by atoms with E-state index >= 15 is 0 Å². The molecule has 3 aromatic rings. The van der Waals surface area contributed by atoms with E-state index in [1.807, 2.05) is 26.0 Å². The van der Waals surface area contributed by atoms with E-state index in [1.54, 1.807) is 11.6 Å². The maximum atomic E-state index is 5.20. The maximum absolute atomic E-state index is 5.20. The minimum absolute atomic E-state index is 0.0308. The Labute approximate surface area is 132 Å². The fourth-order valence-corrected chi connectivity index (χ4v) is 2.96. The van der Waals surface area contributed by atoms with Crippen molar-refractivity contribution in [2.45, 2.75) is 38.1 Å². The zero-order valence-electron chi connectivity index (χ0n) is 12.8. The van der Waals surface area contributed by atoms with Crippen molar-refractivity contribution in [1.82, 2.24) is 30.3 Å². The van der Waals surface area contributed by atoms with E-state index in [0.717, 1.165) is 11.3 Å². The van der Waals surface area contributed by atoms with Crippen molar-refractivity contribution in [3.05, 3.63) is 41.0 Å². The lowest BCUT2D eigenvalue weighted by atomic mass is 10.1. The van der Waals surface area contributed by atoms with Crippen LogP contribution in [0.15, 0.2) is 27.9 Å². The molecule has 0 bridgehead atoms. The SMILES string of the molecule is Cc1ccc(-n2nnnc2SC(C)c2nc(C)no2)c(C)c1. The molecule has 1 aromatic carbocycles. The van der Waals surface area contributed by atoms with Crippen LogP contribution in [0, 0.1) is 20.8 Å². The van der Waals surface area contributed by atoms with E-state index in [0.29, 0.717) is 16.9 Å². The van der Waals surface area contributed by atoms with Crippen molar-refractivity contribution in [3.8, 4) is 5.69 Å². The van der Waals surface area contributed by atoms with Gasteiger partial charge in [0.25, 0.3) is 0 Å². The van der Waals surface area contributed by atoms with E-state index in [4.69, 9.17) is 4.52 Å². The summed E-state index contributed by atoms with van der Waals surface area (Å²) in [5.74, 6) is 1.19. The van der Waals surface area contributed by atoms with E-state index in [9.17, 15) is 0 Å². The summed E-state index contributed by atoms with van der Waals surface area (Å²) in [4.78, 5) is 4.25. The van der Waals surface area contributed by atoms with Crippen LogP contribution in [0.25, 0.3) is 5.69 Å². The number of hydrogen-bond acceptors (Lipinski definition) is 7. The molecular weight excluding hydrogens is 300 g/mol. The molecule has 2 heterocycles. The third kappa shape index (κ3) is 2.87. The Kier molecular flexibility index (Phi) is 3.93. The average Bonchev–Trinajstić information content (AvgIpc) is 3.08. The monoisotopic (exact) mass is 316 g/mol. The van der Waals surface area contributed by atoms with Crippen molar-refractivity contribution in [2.24, 2.45) is 0 Å². The molecule has 0 aliphatic carbocycles. The van der Waals surface area contributed by atoms with Gasteiger partial charge in [-0.3, -0.25) is 0 Å². The number of nitrogens with zero attached hydrogens (tertiary/aromatic N) is 6. The number of aromatic nitrogens is 6. The van der Waals surface area contributed by atoms with Gasteiger partial charge in [-0.25, -0.2) is 0 Å². The van der Waals surface area contributed by atoms with Crippen LogP contribution >= 0.6 is 11.8 Å². The molecule has 22 heavy (non-hydrogen) atoms. The molecular formula is C14H16N6OS. The Morgan fingerprint density at radius 2 is 2.05 bits per heavy atom. The first-order valence-corrected chi connectivity index (χ1v) is 7.75. The Morgan fingerprint density at radius 1 is 1.23 bits per heavy atom. The molecule has 1 unspecified atom stereocenters. The van der Waals surface area contributed by atoms with Crippen LogP contribution in [-0.4, -0.2) is 30.3 Å². The second-order valence-corrected chi connectivity index (χ2v) is 6.41. The third-order valence-electron chi connectivity index (χ3n) is 3.19. The second-order valence-electron chi connectivity index (χ2n) is 5.10. The smallest absolute Gasteiger partial charge is 0.239 e. The summed E-state index contributed by atoms with van der Waals surface area (Å²) >= 11 is 1.48. The van der Waals surface area contributed by atoms with Gasteiger partial charge in [-0.2, -0.15) is 9.67 Å². The molecule has 1 atom stereocenters. The molecule has 0 amide bonds. The van der Waals surface area contributed by atoms with Crippen LogP contribution in [-0.2, 0) is 0 Å². The lowest BCUT2D eigenvalue weighted by molar-refractivity contribution is 0.376. The van der Waals surface area contributed by atoms with Crippen LogP contribution < -0.4 is 0 Å². The predicted molar refractivity (Wildman–Crippen MR) is 81.9 cm³/mol. The number of benzene rings is 1. The van der Waals surface area contributed by atoms with Gasteiger partial charge < -0.3 is 4.52 Å². The molecule has 8 heteroatoms. The highest BCUT2D eigenvalue weighted by Gasteiger charge is 2.19. The Bertz CT molecular complexity index is 796. The van der Waals surface area contributed by atoms with Crippen LogP contribution in [0.3, 0.4) is 0 Å². The standard InChI is InChI=1S/C14H16N6OS/c1-8-5-6-12(9(2)7-8)20-14(16-18-19-20)22-10(3)13-15-11(4)17-21-13/h5-7,10H,1-4H3. The fourth-order valence-electron chi connectivity index (χ4n) is 2.13. The molecule has 0 saturated carbocycles. The molecule has 7 nitrogen and oxygen atoms in total. The first-order valence-electron chi connectivity index (χ1n) is 6.87. The lowest BCUT2D eigenvalue weighted by Crippen LogP contribution is -2.02. The summed E-state index contributed by atoms with van der Waals surface area (Å²) in [6.07, 6.45) is 0. The summed E-state index contributed by atoms with van der Waals surface area (Å²) in [7, 11) is 0. The predicted octanol–water partition coefficient (Wildman–Crippen LogP) is 2.82. The minimum atomic E-state index is -0.0308. The molecule has 114 valence electrons. The molecule has 0 aliphatic rings. The normalized spacial score (nSPS) is 12.5. The highest BCUT2D eigenvalue weighted by molar-refractivity contribution is 7.99. The Hall–Kier alpha value is -2.22. The average molecular weight is 316 g/mol. The van der Waals surface area contributed by atoms with Gasteiger partial charge in [0.2, 0.25) is 11.0 Å². The summed E-state index contributed by atoms with van der Waals surface area (Å²) in [5, 5.41) is 16.5. The number of rotatable bonds is 4. The summed E-state index contributed by atoms with van der Waals surface area (Å²) in [6.45, 7) is 7.89. The highest BCUT2D eigenvalue weighted by Crippen LogP contribution is 2.33. The number of thioether (sulfide) groups is 1. The van der Waals surface area contributed by atoms with Gasteiger partial charge in [0.1, 0.15) is 0 Å². The highest BCUT2D eigenvalue weighted by atomic mass is 32.2. The zero-order valence-corrected chi connectivity index (χ0v) is 13.6. The van der Waals surface area contributed by atoms with Gasteiger partial charge in [-0.05, 0) is 49.8 Å². The van der Waals surface area contributed by atoms with Crippen LogP contribution in [0.1, 0.15) is 35.0 Å². The van der Waals surface area contributed by atoms with E-state index in [1.165, 1.54) is 17.3 Å². The Balaban J connectivity index is 1.89. The van der Waals surface area contributed by atoms with Crippen LogP contribution in [0.5, 0.6) is 0 Å². The molecule has 0 saturated heterocycles. The van der Waals surface area contributed by atoms with E-state index < -0.39 is 0 Å². The summed E-state index contributed by atoms with van der Waals surface area (Å²) < 4.78 is 6.94. The Morgan fingerprint density at radius 3 is 2.73 bits per heavy atom. The molecule has 0 fully saturated rings. The van der Waals surface area contributed by atoms with Crippen molar-refractivity contribution < 1.29 is 4.52 Å². The topological polar surface area (TPSA) is 82.5 Å². The molecule has 0 N–H and O–H groups in total. The largest absolute Gasteiger partial charge is 0.338 e. The number of hydrogen-bond donors (Lipinski definition) is 0. The minimum Gasteiger partial charge on any atom is -0.338 e. The summed E-state index contributed by atoms with van der Waals surface area (Å²) in [5.41, 5.74) is 3.29. The van der Waals surface area contributed by atoms with Gasteiger partial charge in [0.05, 0.1) is 10.9 Å². The van der Waals surface area contributed by atoms with E-state index in [-0.39, 0.29) is 5.25 Å². The second kappa shape index (κ2) is 5.88. The lowest BCUT2D eigenvalue weighted by Gasteiger charge is -2.09. The van der Waals surface area contributed by atoms with Gasteiger partial charge >= 0.3 is 0 Å². The third-order valence-corrected chi connectivity index (χ3v) is 4.22. The van der Waals surface area contributed by atoms with Crippen LogP contribution in [0.4, 0.5) is 0 Å². The molecule has 0 spiro atoms. The fraction of sp³-hybridized carbons (Fsp3) is 0.357. The molecule has 0 radical (unpaired) electrons. The first-order chi connectivity index (χ1) is 10.5. The number of tetrazole rings is 1. The zero-order chi connectivity index (χ0) is 15.7. The molecule has 0 aliphatic heterocycles. The van der Waals surface area contributed by atoms with Gasteiger partial charge in [-0.1, -0.05) is 34.6 Å². The number of aryl methyl sites for hydroxylation is 3. The van der Waals surface area contributed by atoms with Crippen LogP contribution in [0.2, 0.25) is 0 Å². The van der Waals surface area contributed by atoms with E-state index in [2.05, 4.69) is 38.7 Å². The van der Waals surface area contributed by atoms with Crippen molar-refractivity contribution in [2.75, 3.05) is 0 Å². The quantitative estimate of drug-likeness (QED) is 0.684. The molecule has 3 rings (SSSR count). The first kappa shape index (κ1) is 14.7. The maximum Gasteiger partial charge on any atom is 0.239 e. The van der Waals surface area contributed by atoms with Gasteiger partial charge in [0.15, 0.2) is 5.82 Å². The van der Waals surface area contributed by atoms with Crippen molar-refractivity contribution in [3.63, 3.8) is 0 Å². The van der Waals surface area contributed by atoms with Gasteiger partial charge in [0, 0.05) is 0 Å². The summed E-state index contributed by atoms with van der Waals surface area (Å²) in [6, 6.07) is 6.17. The molecule has 2 aromatic heterocycles. The van der Waals surface area contributed by atoms with Gasteiger partial charge in [-0.15, -0.1) is 5.10 Å². The van der Waals surface area contributed by atoms with Crippen molar-refractivity contribution >= 4 is 11.8 Å².